The minimum atomic E-state index is -0.202. The van der Waals surface area contributed by atoms with Gasteiger partial charge in [0.05, 0.1) is 6.07 Å². The molecule has 0 aromatic carbocycles. The summed E-state index contributed by atoms with van der Waals surface area (Å²) >= 11 is 0. The van der Waals surface area contributed by atoms with Crippen molar-refractivity contribution in [3.63, 3.8) is 0 Å². The van der Waals surface area contributed by atoms with Gasteiger partial charge in [0.25, 0.3) is 0 Å². The summed E-state index contributed by atoms with van der Waals surface area (Å²) in [7, 11) is 8.28. The van der Waals surface area contributed by atoms with Crippen LogP contribution in [0.4, 0.5) is 0 Å². The predicted octanol–water partition coefficient (Wildman–Crippen LogP) is 1.31. The lowest BCUT2D eigenvalue weighted by Gasteiger charge is -2.41. The van der Waals surface area contributed by atoms with Crippen LogP contribution in [0.15, 0.2) is 0 Å². The van der Waals surface area contributed by atoms with Crippen LogP contribution in [0, 0.1) is 11.3 Å². The quantitative estimate of drug-likeness (QED) is 0.665. The SMILES string of the molecule is CN(C)C1CCC(C#N)(N(C)C)CC1. The highest BCUT2D eigenvalue weighted by Crippen LogP contribution is 2.33. The van der Waals surface area contributed by atoms with Crippen LogP contribution in [0.25, 0.3) is 0 Å². The monoisotopic (exact) mass is 195 g/mol. The maximum atomic E-state index is 9.23. The van der Waals surface area contributed by atoms with Crippen LogP contribution in [0.1, 0.15) is 25.7 Å². The molecule has 0 aromatic rings. The van der Waals surface area contributed by atoms with Crippen LogP contribution in [-0.4, -0.2) is 49.6 Å². The summed E-state index contributed by atoms with van der Waals surface area (Å²) < 4.78 is 0. The Hall–Kier alpha value is -0.590. The molecule has 0 radical (unpaired) electrons. The molecular weight excluding hydrogens is 174 g/mol. The second kappa shape index (κ2) is 4.29. The molecule has 0 atom stereocenters. The standard InChI is InChI=1S/C11H21N3/c1-13(2)10-5-7-11(9-12,8-6-10)14(3)4/h10H,5-8H2,1-4H3. The van der Waals surface area contributed by atoms with Gasteiger partial charge in [-0.2, -0.15) is 5.26 Å². The van der Waals surface area contributed by atoms with Gasteiger partial charge in [-0.05, 0) is 53.9 Å². The van der Waals surface area contributed by atoms with Gasteiger partial charge in [0.1, 0.15) is 5.54 Å². The van der Waals surface area contributed by atoms with E-state index in [1.807, 2.05) is 14.1 Å². The molecule has 0 aliphatic heterocycles. The minimum Gasteiger partial charge on any atom is -0.306 e. The Kier molecular flexibility index (Phi) is 3.52. The molecule has 3 heteroatoms. The van der Waals surface area contributed by atoms with E-state index < -0.39 is 0 Å². The van der Waals surface area contributed by atoms with E-state index in [4.69, 9.17) is 0 Å². The van der Waals surface area contributed by atoms with Crippen molar-refractivity contribution in [3.8, 4) is 6.07 Å². The average molecular weight is 195 g/mol. The summed E-state index contributed by atoms with van der Waals surface area (Å²) in [6, 6.07) is 3.15. The molecule has 14 heavy (non-hydrogen) atoms. The largest absolute Gasteiger partial charge is 0.306 e. The van der Waals surface area contributed by atoms with Crippen LogP contribution in [0.3, 0.4) is 0 Å². The van der Waals surface area contributed by atoms with Gasteiger partial charge in [-0.1, -0.05) is 0 Å². The van der Waals surface area contributed by atoms with E-state index in [2.05, 4.69) is 30.0 Å². The second-order valence-electron chi connectivity index (χ2n) is 4.73. The summed E-state index contributed by atoms with van der Waals surface area (Å²) in [5, 5.41) is 9.23. The molecule has 0 unspecified atom stereocenters. The number of rotatable bonds is 2. The fraction of sp³-hybridized carbons (Fsp3) is 0.909. The van der Waals surface area contributed by atoms with Crippen LogP contribution in [0.2, 0.25) is 0 Å². The molecule has 1 rings (SSSR count). The summed E-state index contributed by atoms with van der Waals surface area (Å²) in [6.07, 6.45) is 4.27. The van der Waals surface area contributed by atoms with Crippen LogP contribution in [-0.2, 0) is 0 Å². The third kappa shape index (κ3) is 2.08. The summed E-state index contributed by atoms with van der Waals surface area (Å²) in [5.41, 5.74) is -0.202. The average Bonchev–Trinajstić information content (AvgIpc) is 2.17. The first-order valence-corrected chi connectivity index (χ1v) is 5.27. The zero-order valence-electron chi connectivity index (χ0n) is 9.75. The fourth-order valence-electron chi connectivity index (χ4n) is 2.26. The topological polar surface area (TPSA) is 30.3 Å². The molecule has 0 saturated heterocycles. The van der Waals surface area contributed by atoms with E-state index in [9.17, 15) is 5.26 Å². The van der Waals surface area contributed by atoms with Crippen molar-refractivity contribution in [1.29, 1.82) is 5.26 Å². The van der Waals surface area contributed by atoms with Crippen molar-refractivity contribution in [2.45, 2.75) is 37.3 Å². The summed E-state index contributed by atoms with van der Waals surface area (Å²) in [5.74, 6) is 0. The molecular formula is C11H21N3. The Morgan fingerprint density at radius 3 is 1.93 bits per heavy atom. The van der Waals surface area contributed by atoms with Gasteiger partial charge >= 0.3 is 0 Å². The van der Waals surface area contributed by atoms with Crippen molar-refractivity contribution >= 4 is 0 Å². The van der Waals surface area contributed by atoms with E-state index in [1.165, 1.54) is 0 Å². The molecule has 0 bridgehead atoms. The molecule has 1 aliphatic carbocycles. The third-order valence-electron chi connectivity index (χ3n) is 3.58. The fourth-order valence-corrected chi connectivity index (χ4v) is 2.26. The lowest BCUT2D eigenvalue weighted by Crippen LogP contribution is -2.48. The lowest BCUT2D eigenvalue weighted by molar-refractivity contribution is 0.110. The van der Waals surface area contributed by atoms with E-state index >= 15 is 0 Å². The Morgan fingerprint density at radius 2 is 1.64 bits per heavy atom. The third-order valence-corrected chi connectivity index (χ3v) is 3.58. The number of nitrogens with zero attached hydrogens (tertiary/aromatic N) is 3. The highest BCUT2D eigenvalue weighted by molar-refractivity contribution is 5.09. The zero-order chi connectivity index (χ0) is 10.8. The molecule has 0 N–H and O–H groups in total. The van der Waals surface area contributed by atoms with E-state index in [0.717, 1.165) is 25.7 Å². The van der Waals surface area contributed by atoms with Crippen molar-refractivity contribution in [1.82, 2.24) is 9.80 Å². The lowest BCUT2D eigenvalue weighted by atomic mass is 9.79. The van der Waals surface area contributed by atoms with E-state index in [0.29, 0.717) is 6.04 Å². The number of hydrogen-bond acceptors (Lipinski definition) is 3. The van der Waals surface area contributed by atoms with E-state index in [1.54, 1.807) is 0 Å². The van der Waals surface area contributed by atoms with Gasteiger partial charge in [0.2, 0.25) is 0 Å². The molecule has 1 fully saturated rings. The first-order chi connectivity index (χ1) is 6.52. The second-order valence-corrected chi connectivity index (χ2v) is 4.73. The normalized spacial score (nSPS) is 33.4. The zero-order valence-corrected chi connectivity index (χ0v) is 9.75. The predicted molar refractivity (Wildman–Crippen MR) is 58.0 cm³/mol. The van der Waals surface area contributed by atoms with Gasteiger partial charge in [-0.25, -0.2) is 0 Å². The highest BCUT2D eigenvalue weighted by atomic mass is 15.2. The first-order valence-electron chi connectivity index (χ1n) is 5.27. The van der Waals surface area contributed by atoms with Crippen LogP contribution in [0.5, 0.6) is 0 Å². The smallest absolute Gasteiger partial charge is 0.108 e. The number of hydrogen-bond donors (Lipinski definition) is 0. The van der Waals surface area contributed by atoms with Gasteiger partial charge in [0, 0.05) is 6.04 Å². The van der Waals surface area contributed by atoms with Crippen molar-refractivity contribution < 1.29 is 0 Å². The maximum Gasteiger partial charge on any atom is 0.108 e. The van der Waals surface area contributed by atoms with Gasteiger partial charge in [-0.15, -0.1) is 0 Å². The molecule has 80 valence electrons. The van der Waals surface area contributed by atoms with Gasteiger partial charge < -0.3 is 4.90 Å². The Labute approximate surface area is 87.3 Å². The number of nitriles is 1. The van der Waals surface area contributed by atoms with Crippen molar-refractivity contribution in [2.75, 3.05) is 28.2 Å². The molecule has 1 saturated carbocycles. The highest BCUT2D eigenvalue weighted by Gasteiger charge is 2.37. The molecule has 0 heterocycles. The van der Waals surface area contributed by atoms with Crippen molar-refractivity contribution in [3.05, 3.63) is 0 Å². The summed E-state index contributed by atoms with van der Waals surface area (Å²) in [6.45, 7) is 0. The molecule has 1 aliphatic rings. The Bertz CT molecular complexity index is 219. The minimum absolute atomic E-state index is 0.202. The molecule has 0 aromatic heterocycles. The molecule has 0 amide bonds. The first kappa shape index (κ1) is 11.5. The van der Waals surface area contributed by atoms with E-state index in [-0.39, 0.29) is 5.54 Å². The van der Waals surface area contributed by atoms with Gasteiger partial charge in [-0.3, -0.25) is 4.90 Å². The van der Waals surface area contributed by atoms with Gasteiger partial charge in [0.15, 0.2) is 0 Å². The Morgan fingerprint density at radius 1 is 1.14 bits per heavy atom. The molecule has 0 spiro atoms. The van der Waals surface area contributed by atoms with Crippen LogP contribution >= 0.6 is 0 Å². The summed E-state index contributed by atoms with van der Waals surface area (Å²) in [4.78, 5) is 4.36. The maximum absolute atomic E-state index is 9.23. The van der Waals surface area contributed by atoms with Crippen LogP contribution < -0.4 is 0 Å². The molecule has 3 nitrogen and oxygen atoms in total. The van der Waals surface area contributed by atoms with Crippen molar-refractivity contribution in [2.24, 2.45) is 0 Å². The Balaban J connectivity index is 2.61.